The molecule has 1 aliphatic heterocycles. The number of aromatic hydroxyl groups is 1. The Morgan fingerprint density at radius 2 is 1.74 bits per heavy atom. The third kappa shape index (κ3) is 6.22. The van der Waals surface area contributed by atoms with E-state index in [1.165, 1.54) is 71.1 Å². The van der Waals surface area contributed by atoms with Gasteiger partial charge >= 0.3 is 0 Å². The van der Waals surface area contributed by atoms with E-state index >= 15 is 0 Å². The minimum absolute atomic E-state index is 0.361. The van der Waals surface area contributed by atoms with Crippen LogP contribution in [0.5, 0.6) is 17.2 Å². The van der Waals surface area contributed by atoms with Crippen molar-refractivity contribution >= 4 is 16.5 Å². The predicted octanol–water partition coefficient (Wildman–Crippen LogP) is 7.72. The second kappa shape index (κ2) is 13.1. The van der Waals surface area contributed by atoms with Crippen LogP contribution in [0.3, 0.4) is 0 Å². The second-order valence-electron chi connectivity index (χ2n) is 11.9. The van der Waals surface area contributed by atoms with Crippen molar-refractivity contribution in [2.75, 3.05) is 44.8 Å². The number of hydrogen-bond acceptors (Lipinski definition) is 5. The highest BCUT2D eigenvalue weighted by atomic mass is 16.5. The Morgan fingerprint density at radius 1 is 0.905 bits per heavy atom. The molecule has 4 aromatic rings. The van der Waals surface area contributed by atoms with Crippen LogP contribution in [-0.4, -0.2) is 49.9 Å². The summed E-state index contributed by atoms with van der Waals surface area (Å²) in [7, 11) is 1.75. The fourth-order valence-corrected chi connectivity index (χ4v) is 6.91. The average Bonchev–Trinajstić information content (AvgIpc) is 3.04. The summed E-state index contributed by atoms with van der Waals surface area (Å²) >= 11 is 0. The number of anilines is 1. The number of phenols is 1. The van der Waals surface area contributed by atoms with Crippen LogP contribution in [0.1, 0.15) is 60.8 Å². The van der Waals surface area contributed by atoms with Crippen LogP contribution in [0, 0.1) is 0 Å². The molecule has 4 aromatic carbocycles. The lowest BCUT2D eigenvalue weighted by molar-refractivity contribution is 0.184. The summed E-state index contributed by atoms with van der Waals surface area (Å²) in [4.78, 5) is 5.02. The van der Waals surface area contributed by atoms with Crippen LogP contribution in [0.25, 0.3) is 10.8 Å². The lowest BCUT2D eigenvalue weighted by Crippen LogP contribution is -2.33. The topological polar surface area (TPSA) is 45.2 Å². The van der Waals surface area contributed by atoms with E-state index in [0.717, 1.165) is 57.0 Å². The van der Waals surface area contributed by atoms with Crippen molar-refractivity contribution in [3.8, 4) is 17.2 Å². The van der Waals surface area contributed by atoms with Crippen LogP contribution in [-0.2, 0) is 19.4 Å². The molecule has 220 valence electrons. The van der Waals surface area contributed by atoms with Crippen LogP contribution in [0.4, 0.5) is 5.69 Å². The molecule has 0 bridgehead atoms. The van der Waals surface area contributed by atoms with Crippen LogP contribution < -0.4 is 14.4 Å². The zero-order valence-corrected chi connectivity index (χ0v) is 25.1. The second-order valence-corrected chi connectivity index (χ2v) is 11.9. The van der Waals surface area contributed by atoms with Gasteiger partial charge in [0.25, 0.3) is 0 Å². The van der Waals surface area contributed by atoms with Gasteiger partial charge in [0.1, 0.15) is 23.9 Å². The molecule has 1 saturated heterocycles. The molecule has 1 heterocycles. The number of fused-ring (bicyclic) bond motifs is 2. The van der Waals surface area contributed by atoms with Gasteiger partial charge in [0.2, 0.25) is 0 Å². The van der Waals surface area contributed by atoms with E-state index in [1.54, 1.807) is 7.11 Å². The van der Waals surface area contributed by atoms with Crippen molar-refractivity contribution in [2.45, 2.75) is 57.9 Å². The lowest BCUT2D eigenvalue weighted by atomic mass is 9.79. The summed E-state index contributed by atoms with van der Waals surface area (Å²) in [6, 6.07) is 25.5. The number of ether oxygens (including phenoxy) is 2. The highest BCUT2D eigenvalue weighted by molar-refractivity contribution is 5.91. The Morgan fingerprint density at radius 3 is 2.55 bits per heavy atom. The molecule has 42 heavy (non-hydrogen) atoms. The number of rotatable bonds is 10. The first-order chi connectivity index (χ1) is 20.6. The van der Waals surface area contributed by atoms with Crippen molar-refractivity contribution in [3.05, 3.63) is 95.1 Å². The minimum Gasteiger partial charge on any atom is -0.508 e. The number of nitrogens with zero attached hydrogens (tertiary/aromatic N) is 2. The first-order valence-electron chi connectivity index (χ1n) is 15.7. The van der Waals surface area contributed by atoms with Crippen molar-refractivity contribution in [1.29, 1.82) is 0 Å². The Bertz CT molecular complexity index is 1510. The largest absolute Gasteiger partial charge is 0.508 e. The smallest absolute Gasteiger partial charge is 0.127 e. The van der Waals surface area contributed by atoms with E-state index in [4.69, 9.17) is 9.47 Å². The van der Waals surface area contributed by atoms with Gasteiger partial charge in [-0.25, -0.2) is 0 Å². The summed E-state index contributed by atoms with van der Waals surface area (Å²) in [5, 5.41) is 12.4. The Labute approximate surface area is 250 Å². The standard InChI is InChI=1S/C37H44N2O3/c1-3-39(36-25-32(41-2)16-17-34(36)29-12-11-28-24-31(40)15-13-27(28)23-29)26-30-14-18-37(35-10-6-5-9-33(30)35)42-22-21-38-19-7-4-8-20-38/h5-6,9-10,13-18,24-25,29,40H,3-4,7-8,11-12,19-23,26H2,1-2H3. The molecule has 1 aliphatic carbocycles. The van der Waals surface area contributed by atoms with E-state index in [1.807, 2.05) is 12.1 Å². The van der Waals surface area contributed by atoms with E-state index in [-0.39, 0.29) is 0 Å². The van der Waals surface area contributed by atoms with E-state index < -0.39 is 0 Å². The van der Waals surface area contributed by atoms with Gasteiger partial charge in [0, 0.05) is 36.8 Å². The zero-order valence-electron chi connectivity index (χ0n) is 25.1. The summed E-state index contributed by atoms with van der Waals surface area (Å²) in [5.41, 5.74) is 6.54. The number of aryl methyl sites for hydroxylation is 1. The predicted molar refractivity (Wildman–Crippen MR) is 172 cm³/mol. The molecule has 6 rings (SSSR count). The maximum Gasteiger partial charge on any atom is 0.127 e. The molecular formula is C37H44N2O3. The number of likely N-dealkylation sites (tertiary alicyclic amines) is 1. The summed E-state index contributed by atoms with van der Waals surface area (Å²) in [6.07, 6.45) is 7.00. The van der Waals surface area contributed by atoms with E-state index in [2.05, 4.69) is 77.4 Å². The third-order valence-electron chi connectivity index (χ3n) is 9.27. The van der Waals surface area contributed by atoms with Crippen molar-refractivity contribution in [1.82, 2.24) is 4.90 Å². The number of phenolic OH excluding ortho intramolecular Hbond substituents is 1. The first kappa shape index (κ1) is 28.4. The molecule has 5 nitrogen and oxygen atoms in total. The highest BCUT2D eigenvalue weighted by Crippen LogP contribution is 2.40. The van der Waals surface area contributed by atoms with Crippen molar-refractivity contribution < 1.29 is 14.6 Å². The average molecular weight is 565 g/mol. The molecule has 5 heteroatoms. The fourth-order valence-electron chi connectivity index (χ4n) is 6.91. The maximum atomic E-state index is 9.98. The van der Waals surface area contributed by atoms with E-state index in [0.29, 0.717) is 11.7 Å². The van der Waals surface area contributed by atoms with Gasteiger partial charge in [-0.05, 0) is 110 Å². The molecular weight excluding hydrogens is 520 g/mol. The third-order valence-corrected chi connectivity index (χ3v) is 9.27. The van der Waals surface area contributed by atoms with Gasteiger partial charge in [-0.2, -0.15) is 0 Å². The molecule has 1 N–H and O–H groups in total. The van der Waals surface area contributed by atoms with Gasteiger partial charge in [0.05, 0.1) is 7.11 Å². The molecule has 0 amide bonds. The van der Waals surface area contributed by atoms with Crippen LogP contribution in [0.15, 0.2) is 72.8 Å². The Kier molecular flexibility index (Phi) is 8.85. The summed E-state index contributed by atoms with van der Waals surface area (Å²) in [6.45, 7) is 8.04. The summed E-state index contributed by atoms with van der Waals surface area (Å²) < 4.78 is 12.1. The molecule has 1 unspecified atom stereocenters. The minimum atomic E-state index is 0.361. The Balaban J connectivity index is 1.25. The molecule has 0 aromatic heterocycles. The van der Waals surface area contributed by atoms with Gasteiger partial charge < -0.3 is 19.5 Å². The lowest BCUT2D eigenvalue weighted by Gasteiger charge is -2.32. The van der Waals surface area contributed by atoms with Gasteiger partial charge in [0.15, 0.2) is 0 Å². The molecule has 0 spiro atoms. The zero-order chi connectivity index (χ0) is 28.9. The summed E-state index contributed by atoms with van der Waals surface area (Å²) in [5.74, 6) is 2.64. The Hall–Kier alpha value is -3.70. The number of methoxy groups -OCH3 is 1. The normalized spacial score (nSPS) is 17.1. The van der Waals surface area contributed by atoms with Gasteiger partial charge in [-0.1, -0.05) is 48.9 Å². The number of benzene rings is 4. The van der Waals surface area contributed by atoms with Crippen molar-refractivity contribution in [2.24, 2.45) is 0 Å². The van der Waals surface area contributed by atoms with Crippen molar-refractivity contribution in [3.63, 3.8) is 0 Å². The van der Waals surface area contributed by atoms with Gasteiger partial charge in [-0.15, -0.1) is 0 Å². The fraction of sp³-hybridized carbons (Fsp3) is 0.405. The molecule has 2 aliphatic rings. The number of hydrogen-bond donors (Lipinski definition) is 1. The van der Waals surface area contributed by atoms with E-state index in [9.17, 15) is 5.11 Å². The SMILES string of the molecule is CCN(Cc1ccc(OCCN2CCCCC2)c2ccccc12)c1cc(OC)ccc1C1CCc2cc(O)ccc2C1. The quantitative estimate of drug-likeness (QED) is 0.214. The monoisotopic (exact) mass is 564 g/mol. The first-order valence-corrected chi connectivity index (χ1v) is 15.7. The highest BCUT2D eigenvalue weighted by Gasteiger charge is 2.25. The number of piperidine rings is 1. The van der Waals surface area contributed by atoms with Gasteiger partial charge in [-0.3, -0.25) is 4.90 Å². The van der Waals surface area contributed by atoms with Crippen LogP contribution >= 0.6 is 0 Å². The molecule has 0 saturated carbocycles. The molecule has 1 fully saturated rings. The molecule has 0 radical (unpaired) electrons. The van der Waals surface area contributed by atoms with Crippen LogP contribution in [0.2, 0.25) is 0 Å². The molecule has 1 atom stereocenters. The maximum absolute atomic E-state index is 9.98.